The molecule has 10 nitrogen and oxygen atoms in total. The lowest BCUT2D eigenvalue weighted by molar-refractivity contribution is -0.146. The predicted molar refractivity (Wildman–Crippen MR) is 148 cm³/mol. The van der Waals surface area contributed by atoms with Gasteiger partial charge in [0.05, 0.1) is 18.4 Å². The first-order chi connectivity index (χ1) is 18.3. The molecule has 3 amide bonds. The lowest BCUT2D eigenvalue weighted by atomic mass is 9.92. The first-order valence-corrected chi connectivity index (χ1v) is 14.8. The molecule has 3 heterocycles. The van der Waals surface area contributed by atoms with Crippen LogP contribution < -0.4 is 4.90 Å². The number of nitrogens with zero attached hydrogens (tertiary/aromatic N) is 5. The van der Waals surface area contributed by atoms with Crippen molar-refractivity contribution in [2.24, 2.45) is 0 Å². The van der Waals surface area contributed by atoms with E-state index in [2.05, 4.69) is 20.9 Å². The molecule has 0 N–H and O–H groups in total. The number of halogens is 3. The summed E-state index contributed by atoms with van der Waals surface area (Å²) in [5, 5.41) is 0.337. The molecule has 2 aliphatic heterocycles. The van der Waals surface area contributed by atoms with Gasteiger partial charge in [0.1, 0.15) is 5.54 Å². The lowest BCUT2D eigenvalue weighted by Crippen LogP contribution is -2.54. The van der Waals surface area contributed by atoms with Gasteiger partial charge in [-0.3, -0.25) is 23.9 Å². The quantitative estimate of drug-likeness (QED) is 0.412. The number of fused-ring (bicyclic) bond motifs is 1. The van der Waals surface area contributed by atoms with E-state index < -0.39 is 39.8 Å². The van der Waals surface area contributed by atoms with Crippen molar-refractivity contribution < 1.29 is 22.8 Å². The van der Waals surface area contributed by atoms with Crippen LogP contribution in [0.15, 0.2) is 58.2 Å². The van der Waals surface area contributed by atoms with Gasteiger partial charge in [0.25, 0.3) is 15.9 Å². The minimum atomic E-state index is -4.30. The number of imidazole rings is 1. The van der Waals surface area contributed by atoms with Gasteiger partial charge in [-0.15, -0.1) is 0 Å². The first kappa shape index (κ1) is 27.8. The van der Waals surface area contributed by atoms with E-state index in [4.69, 9.17) is 23.2 Å². The zero-order chi connectivity index (χ0) is 28.3. The van der Waals surface area contributed by atoms with Crippen LogP contribution in [0.3, 0.4) is 0 Å². The Kier molecular flexibility index (Phi) is 7.13. The van der Waals surface area contributed by atoms with E-state index in [0.29, 0.717) is 15.7 Å². The number of benzene rings is 2. The summed E-state index contributed by atoms with van der Waals surface area (Å²) in [5.41, 5.74) is -0.298. The maximum Gasteiger partial charge on any atom is 0.260 e. The normalized spacial score (nSPS) is 20.0. The molecule has 0 spiro atoms. The SMILES string of the molecule is CC(=O)N1CCN(S(=O)(=O)c2cnc3n2[C@](C)(Cc2ccc(Br)cc2)C(=O)N3c2cc(Cl)cc(Cl)c2)CC1=O. The molecule has 2 aliphatic rings. The zero-order valence-corrected chi connectivity index (χ0v) is 24.7. The van der Waals surface area contributed by atoms with Gasteiger partial charge in [0.15, 0.2) is 5.03 Å². The molecule has 39 heavy (non-hydrogen) atoms. The second-order valence-electron chi connectivity index (χ2n) is 9.48. The topological polar surface area (TPSA) is 113 Å². The van der Waals surface area contributed by atoms with Crippen molar-refractivity contribution in [3.8, 4) is 0 Å². The van der Waals surface area contributed by atoms with Crippen LogP contribution in [-0.2, 0) is 36.4 Å². The molecular weight excluding hydrogens is 633 g/mol. The smallest absolute Gasteiger partial charge is 0.260 e. The van der Waals surface area contributed by atoms with Crippen LogP contribution in [0, 0.1) is 0 Å². The van der Waals surface area contributed by atoms with Gasteiger partial charge in [0.2, 0.25) is 17.8 Å². The Morgan fingerprint density at radius 1 is 1.08 bits per heavy atom. The Hall–Kier alpha value is -2.77. The van der Waals surface area contributed by atoms with E-state index in [1.165, 1.54) is 28.7 Å². The zero-order valence-electron chi connectivity index (χ0n) is 20.8. The van der Waals surface area contributed by atoms with Crippen LogP contribution in [0.25, 0.3) is 0 Å². The number of aromatic nitrogens is 2. The summed E-state index contributed by atoms with van der Waals surface area (Å²) in [7, 11) is -4.30. The number of sulfonamides is 1. The van der Waals surface area contributed by atoms with Crippen LogP contribution in [0.4, 0.5) is 11.6 Å². The fourth-order valence-corrected chi connectivity index (χ4v) is 7.28. The Morgan fingerprint density at radius 2 is 1.72 bits per heavy atom. The molecule has 1 aromatic heterocycles. The Balaban J connectivity index is 1.64. The molecule has 3 aromatic rings. The number of piperazine rings is 1. The summed E-state index contributed by atoms with van der Waals surface area (Å²) in [5.74, 6) is -1.43. The third-order valence-corrected chi connectivity index (χ3v) is 9.58. The van der Waals surface area contributed by atoms with Gasteiger partial charge in [-0.25, -0.2) is 18.3 Å². The fourth-order valence-electron chi connectivity index (χ4n) is 4.94. The lowest BCUT2D eigenvalue weighted by Gasteiger charge is -2.33. The molecule has 5 rings (SSSR count). The van der Waals surface area contributed by atoms with Crippen molar-refractivity contribution in [2.45, 2.75) is 30.8 Å². The van der Waals surface area contributed by atoms with Crippen LogP contribution in [0.1, 0.15) is 19.4 Å². The molecule has 2 aromatic carbocycles. The van der Waals surface area contributed by atoms with Gasteiger partial charge < -0.3 is 0 Å². The van der Waals surface area contributed by atoms with Crippen LogP contribution in [0.2, 0.25) is 10.0 Å². The van der Waals surface area contributed by atoms with Crippen molar-refractivity contribution in [1.82, 2.24) is 18.8 Å². The summed E-state index contributed by atoms with van der Waals surface area (Å²) in [4.78, 5) is 45.1. The van der Waals surface area contributed by atoms with E-state index in [1.807, 2.05) is 24.3 Å². The number of amides is 3. The van der Waals surface area contributed by atoms with E-state index in [0.717, 1.165) is 19.2 Å². The third-order valence-electron chi connectivity index (χ3n) is 6.81. The summed E-state index contributed by atoms with van der Waals surface area (Å²) in [6.45, 7) is 2.23. The maximum atomic E-state index is 14.1. The highest BCUT2D eigenvalue weighted by atomic mass is 79.9. The minimum absolute atomic E-state index is 0.0728. The molecule has 204 valence electrons. The van der Waals surface area contributed by atoms with Gasteiger partial charge in [-0.05, 0) is 42.8 Å². The molecule has 14 heteroatoms. The molecule has 0 saturated carbocycles. The molecule has 0 unspecified atom stereocenters. The second-order valence-corrected chi connectivity index (χ2v) is 13.2. The monoisotopic (exact) mass is 653 g/mol. The summed E-state index contributed by atoms with van der Waals surface area (Å²) in [6, 6.07) is 12.0. The molecule has 0 aliphatic carbocycles. The van der Waals surface area contributed by atoms with Gasteiger partial charge in [-0.1, -0.05) is 51.3 Å². The highest BCUT2D eigenvalue weighted by molar-refractivity contribution is 9.10. The Bertz CT molecular complexity index is 1610. The number of carbonyl (C=O) groups is 3. The highest BCUT2D eigenvalue weighted by Crippen LogP contribution is 2.45. The minimum Gasteiger partial charge on any atom is -0.284 e. The number of anilines is 2. The third kappa shape index (κ3) is 4.78. The van der Waals surface area contributed by atoms with Gasteiger partial charge >= 0.3 is 0 Å². The average Bonchev–Trinajstić information content (AvgIpc) is 3.38. The van der Waals surface area contributed by atoms with Crippen molar-refractivity contribution in [3.63, 3.8) is 0 Å². The number of hydrogen-bond donors (Lipinski definition) is 0. The van der Waals surface area contributed by atoms with Crippen LogP contribution in [0.5, 0.6) is 0 Å². The van der Waals surface area contributed by atoms with E-state index in [9.17, 15) is 22.8 Å². The Morgan fingerprint density at radius 3 is 2.31 bits per heavy atom. The summed E-state index contributed by atoms with van der Waals surface area (Å²) < 4.78 is 31.1. The Labute approximate surface area is 243 Å². The first-order valence-electron chi connectivity index (χ1n) is 11.8. The summed E-state index contributed by atoms with van der Waals surface area (Å²) >= 11 is 15.9. The number of rotatable bonds is 5. The number of carbonyl (C=O) groups excluding carboxylic acids is 3. The predicted octanol–water partition coefficient (Wildman–Crippen LogP) is 3.97. The molecule has 1 atom stereocenters. The van der Waals surface area contributed by atoms with Crippen molar-refractivity contribution in [3.05, 3.63) is 68.7 Å². The standard InChI is InChI=1S/C25H22BrCl2N5O5S/c1-15(34)31-8-7-30(14-21(31)35)39(37,38)22-13-29-24-32(20-10-18(27)9-19(28)11-20)23(36)25(2,33(22)24)12-16-3-5-17(26)6-4-16/h3-6,9-11,13H,7-8,12,14H2,1-2H3/t25-/m1/s1. The number of hydrogen-bond acceptors (Lipinski definition) is 6. The molecular formula is C25H22BrCl2N5O5S. The van der Waals surface area contributed by atoms with Crippen molar-refractivity contribution in [1.29, 1.82) is 0 Å². The van der Waals surface area contributed by atoms with E-state index in [-0.39, 0.29) is 30.5 Å². The number of imide groups is 1. The van der Waals surface area contributed by atoms with E-state index >= 15 is 0 Å². The largest absolute Gasteiger partial charge is 0.284 e. The maximum absolute atomic E-state index is 14.1. The molecule has 1 saturated heterocycles. The van der Waals surface area contributed by atoms with Gasteiger partial charge in [0, 0.05) is 41.0 Å². The highest BCUT2D eigenvalue weighted by Gasteiger charge is 2.52. The average molecular weight is 655 g/mol. The van der Waals surface area contributed by atoms with E-state index in [1.54, 1.807) is 19.1 Å². The molecule has 1 fully saturated rings. The fraction of sp³-hybridized carbons (Fsp3) is 0.280. The van der Waals surface area contributed by atoms with Crippen LogP contribution >= 0.6 is 39.1 Å². The van der Waals surface area contributed by atoms with Crippen molar-refractivity contribution in [2.75, 3.05) is 24.5 Å². The summed E-state index contributed by atoms with van der Waals surface area (Å²) in [6.07, 6.45) is 1.32. The van der Waals surface area contributed by atoms with Gasteiger partial charge in [-0.2, -0.15) is 4.31 Å². The molecule has 0 radical (unpaired) electrons. The van der Waals surface area contributed by atoms with Crippen molar-refractivity contribution >= 4 is 78.5 Å². The molecule has 0 bridgehead atoms. The second kappa shape index (κ2) is 10.0. The van der Waals surface area contributed by atoms with Crippen LogP contribution in [-0.4, -0.2) is 64.5 Å².